The van der Waals surface area contributed by atoms with Crippen LogP contribution in [-0.4, -0.2) is 26.7 Å². The molecule has 0 heterocycles. The molecule has 3 heteroatoms. The van der Waals surface area contributed by atoms with Crippen molar-refractivity contribution in [3.63, 3.8) is 0 Å². The van der Waals surface area contributed by atoms with Crippen LogP contribution in [0.4, 0.5) is 5.69 Å². The first-order valence-corrected chi connectivity index (χ1v) is 6.65. The topological polar surface area (TPSA) is 29.5 Å². The summed E-state index contributed by atoms with van der Waals surface area (Å²) in [6, 6.07) is 17.4. The van der Waals surface area contributed by atoms with Gasteiger partial charge in [-0.25, -0.2) is 4.79 Å². The molecule has 0 aromatic heterocycles. The molecule has 2 aromatic rings. The summed E-state index contributed by atoms with van der Waals surface area (Å²) in [6.45, 7) is 0.398. The van der Waals surface area contributed by atoms with Gasteiger partial charge in [-0.05, 0) is 23.8 Å². The maximum absolute atomic E-state index is 12.0. The zero-order valence-corrected chi connectivity index (χ0v) is 11.9. The van der Waals surface area contributed by atoms with Gasteiger partial charge in [0.1, 0.15) is 0 Å². The summed E-state index contributed by atoms with van der Waals surface area (Å²) in [4.78, 5) is 13.9. The lowest BCUT2D eigenvalue weighted by atomic mass is 10.1. The predicted molar refractivity (Wildman–Crippen MR) is 81.2 cm³/mol. The maximum atomic E-state index is 12.0. The van der Waals surface area contributed by atoms with E-state index in [-0.39, 0.29) is 5.97 Å². The van der Waals surface area contributed by atoms with Crippen molar-refractivity contribution in [2.24, 2.45) is 0 Å². The van der Waals surface area contributed by atoms with Gasteiger partial charge in [0, 0.05) is 26.2 Å². The number of hydrogen-bond acceptors (Lipinski definition) is 3. The lowest BCUT2D eigenvalue weighted by Crippen LogP contribution is -2.11. The molecule has 0 unspecified atom stereocenters. The third-order valence-corrected chi connectivity index (χ3v) is 3.06. The van der Waals surface area contributed by atoms with Gasteiger partial charge in [0.05, 0.1) is 12.2 Å². The Balaban J connectivity index is 1.90. The van der Waals surface area contributed by atoms with Crippen molar-refractivity contribution in [3.8, 4) is 0 Å². The molecule has 20 heavy (non-hydrogen) atoms. The summed E-state index contributed by atoms with van der Waals surface area (Å²) in [5.74, 6) is -0.273. The van der Waals surface area contributed by atoms with Crippen molar-refractivity contribution < 1.29 is 9.53 Å². The first kappa shape index (κ1) is 14.1. The summed E-state index contributed by atoms with van der Waals surface area (Å²) in [5, 5.41) is 0. The van der Waals surface area contributed by atoms with Gasteiger partial charge in [-0.1, -0.05) is 36.4 Å². The zero-order chi connectivity index (χ0) is 14.4. The van der Waals surface area contributed by atoms with Crippen LogP contribution >= 0.6 is 0 Å². The molecule has 0 saturated carbocycles. The van der Waals surface area contributed by atoms with Crippen molar-refractivity contribution in [1.29, 1.82) is 0 Å². The molecular formula is C17H19NO2. The van der Waals surface area contributed by atoms with Crippen molar-refractivity contribution in [2.75, 3.05) is 25.6 Å². The molecule has 0 saturated heterocycles. The van der Waals surface area contributed by atoms with E-state index in [1.807, 2.05) is 67.5 Å². The SMILES string of the molecule is CN(C)c1cccc(C(=O)OCCc2ccccc2)c1. The van der Waals surface area contributed by atoms with Crippen LogP contribution in [0.15, 0.2) is 54.6 Å². The van der Waals surface area contributed by atoms with E-state index < -0.39 is 0 Å². The fourth-order valence-corrected chi connectivity index (χ4v) is 1.90. The molecule has 3 nitrogen and oxygen atoms in total. The number of hydrogen-bond donors (Lipinski definition) is 0. The lowest BCUT2D eigenvalue weighted by Gasteiger charge is -2.13. The van der Waals surface area contributed by atoms with Gasteiger partial charge in [-0.3, -0.25) is 0 Å². The highest BCUT2D eigenvalue weighted by atomic mass is 16.5. The van der Waals surface area contributed by atoms with Gasteiger partial charge in [0.25, 0.3) is 0 Å². The third-order valence-electron chi connectivity index (χ3n) is 3.06. The number of rotatable bonds is 5. The van der Waals surface area contributed by atoms with Crippen molar-refractivity contribution in [3.05, 3.63) is 65.7 Å². The minimum atomic E-state index is -0.273. The summed E-state index contributed by atoms with van der Waals surface area (Å²) >= 11 is 0. The summed E-state index contributed by atoms with van der Waals surface area (Å²) in [6.07, 6.45) is 0.736. The fraction of sp³-hybridized carbons (Fsp3) is 0.235. The van der Waals surface area contributed by atoms with Gasteiger partial charge < -0.3 is 9.64 Å². The quantitative estimate of drug-likeness (QED) is 0.781. The van der Waals surface area contributed by atoms with E-state index in [9.17, 15) is 4.79 Å². The van der Waals surface area contributed by atoms with Crippen LogP contribution in [-0.2, 0) is 11.2 Å². The Labute approximate surface area is 119 Å². The number of benzene rings is 2. The minimum Gasteiger partial charge on any atom is -0.462 e. The number of carbonyl (C=O) groups excluding carboxylic acids is 1. The number of ether oxygens (including phenoxy) is 1. The smallest absolute Gasteiger partial charge is 0.338 e. The molecule has 0 atom stereocenters. The fourth-order valence-electron chi connectivity index (χ4n) is 1.90. The highest BCUT2D eigenvalue weighted by Crippen LogP contribution is 2.14. The van der Waals surface area contributed by atoms with Gasteiger partial charge in [0.15, 0.2) is 0 Å². The van der Waals surface area contributed by atoms with Crippen molar-refractivity contribution >= 4 is 11.7 Å². The first-order chi connectivity index (χ1) is 9.66. The highest BCUT2D eigenvalue weighted by molar-refractivity contribution is 5.90. The van der Waals surface area contributed by atoms with Gasteiger partial charge in [0.2, 0.25) is 0 Å². The first-order valence-electron chi connectivity index (χ1n) is 6.65. The molecule has 0 aliphatic carbocycles. The molecule has 0 aliphatic rings. The average molecular weight is 269 g/mol. The van der Waals surface area contributed by atoms with Crippen LogP contribution < -0.4 is 4.90 Å². The van der Waals surface area contributed by atoms with E-state index in [4.69, 9.17) is 4.74 Å². The summed E-state index contributed by atoms with van der Waals surface area (Å²) in [5.41, 5.74) is 2.74. The number of carbonyl (C=O) groups is 1. The van der Waals surface area contributed by atoms with Crippen molar-refractivity contribution in [2.45, 2.75) is 6.42 Å². The van der Waals surface area contributed by atoms with Crippen LogP contribution in [0, 0.1) is 0 Å². The van der Waals surface area contributed by atoms with E-state index in [0.717, 1.165) is 12.1 Å². The Hall–Kier alpha value is -2.29. The second kappa shape index (κ2) is 6.75. The molecule has 0 radical (unpaired) electrons. The number of nitrogens with zero attached hydrogens (tertiary/aromatic N) is 1. The van der Waals surface area contributed by atoms with Gasteiger partial charge >= 0.3 is 5.97 Å². The molecule has 104 valence electrons. The monoisotopic (exact) mass is 269 g/mol. The van der Waals surface area contributed by atoms with E-state index >= 15 is 0 Å². The third kappa shape index (κ3) is 3.85. The standard InChI is InChI=1S/C17H19NO2/c1-18(2)16-10-6-9-15(13-16)17(19)20-12-11-14-7-4-3-5-8-14/h3-10,13H,11-12H2,1-2H3. The predicted octanol–water partition coefficient (Wildman–Crippen LogP) is 3.15. The zero-order valence-electron chi connectivity index (χ0n) is 11.9. The minimum absolute atomic E-state index is 0.273. The normalized spacial score (nSPS) is 10.1. The average Bonchev–Trinajstić information content (AvgIpc) is 2.48. The van der Waals surface area contributed by atoms with Crippen LogP contribution in [0.2, 0.25) is 0 Å². The van der Waals surface area contributed by atoms with Gasteiger partial charge in [-0.2, -0.15) is 0 Å². The Bertz CT molecular complexity index is 564. The molecule has 2 rings (SSSR count). The Morgan fingerprint density at radius 2 is 1.80 bits per heavy atom. The number of esters is 1. The Kier molecular flexibility index (Phi) is 4.77. The van der Waals surface area contributed by atoms with Crippen LogP contribution in [0.3, 0.4) is 0 Å². The molecule has 0 fully saturated rings. The van der Waals surface area contributed by atoms with E-state index in [2.05, 4.69) is 0 Å². The van der Waals surface area contributed by atoms with Crippen LogP contribution in [0.5, 0.6) is 0 Å². The second-order valence-electron chi connectivity index (χ2n) is 4.82. The van der Waals surface area contributed by atoms with Crippen molar-refractivity contribution in [1.82, 2.24) is 0 Å². The molecular weight excluding hydrogens is 250 g/mol. The van der Waals surface area contributed by atoms with Gasteiger partial charge in [-0.15, -0.1) is 0 Å². The molecule has 0 N–H and O–H groups in total. The molecule has 0 amide bonds. The largest absolute Gasteiger partial charge is 0.462 e. The van der Waals surface area contributed by atoms with E-state index in [1.165, 1.54) is 5.56 Å². The summed E-state index contributed by atoms with van der Waals surface area (Å²) < 4.78 is 5.31. The number of anilines is 1. The maximum Gasteiger partial charge on any atom is 0.338 e. The molecule has 0 aliphatic heterocycles. The molecule has 0 bridgehead atoms. The molecule has 0 spiro atoms. The van der Waals surface area contributed by atoms with E-state index in [1.54, 1.807) is 6.07 Å². The Morgan fingerprint density at radius 3 is 2.50 bits per heavy atom. The van der Waals surface area contributed by atoms with Crippen LogP contribution in [0.25, 0.3) is 0 Å². The van der Waals surface area contributed by atoms with Crippen LogP contribution in [0.1, 0.15) is 15.9 Å². The Morgan fingerprint density at radius 1 is 1.05 bits per heavy atom. The lowest BCUT2D eigenvalue weighted by molar-refractivity contribution is 0.0509. The van der Waals surface area contributed by atoms with E-state index in [0.29, 0.717) is 12.2 Å². The highest BCUT2D eigenvalue weighted by Gasteiger charge is 2.08. The molecule has 2 aromatic carbocycles. The second-order valence-corrected chi connectivity index (χ2v) is 4.82. The summed E-state index contributed by atoms with van der Waals surface area (Å²) in [7, 11) is 3.89.